The van der Waals surface area contributed by atoms with E-state index in [0.29, 0.717) is 39.3 Å². The Bertz CT molecular complexity index is 1040. The van der Waals surface area contributed by atoms with Crippen molar-refractivity contribution in [3.63, 3.8) is 0 Å². The molecular formula is C29H45N5O5. The number of morpholine rings is 1. The third-order valence-electron chi connectivity index (χ3n) is 6.95. The third kappa shape index (κ3) is 9.54. The van der Waals surface area contributed by atoms with Gasteiger partial charge in [-0.05, 0) is 19.4 Å². The zero-order chi connectivity index (χ0) is 28.4. The second-order valence-corrected chi connectivity index (χ2v) is 11.3. The molecule has 10 heteroatoms. The highest BCUT2D eigenvalue weighted by atomic mass is 16.6. The van der Waals surface area contributed by atoms with Crippen molar-refractivity contribution in [3.8, 4) is 11.3 Å². The number of aliphatic hydroxyl groups is 1. The Morgan fingerprint density at radius 2 is 1.85 bits per heavy atom. The van der Waals surface area contributed by atoms with Crippen molar-refractivity contribution in [2.45, 2.75) is 78.7 Å². The number of alkyl carbamates (subject to hydrolysis) is 1. The number of carbonyl (C=O) groups excluding carboxylic acids is 2. The molecular weight excluding hydrogens is 498 g/mol. The van der Waals surface area contributed by atoms with Crippen LogP contribution in [0, 0.1) is 12.3 Å². The maximum absolute atomic E-state index is 13.0. The Labute approximate surface area is 232 Å². The number of aromatic nitrogens is 2. The Kier molecular flexibility index (Phi) is 11.2. The molecule has 0 spiro atoms. The molecule has 1 aromatic heterocycles. The van der Waals surface area contributed by atoms with Gasteiger partial charge in [0.2, 0.25) is 0 Å². The number of carbonyl (C=O) groups is 2. The Hall–Kier alpha value is -3.11. The van der Waals surface area contributed by atoms with Crippen LogP contribution in [0.25, 0.3) is 11.3 Å². The molecule has 0 unspecified atom stereocenters. The van der Waals surface area contributed by atoms with E-state index in [2.05, 4.69) is 22.8 Å². The summed E-state index contributed by atoms with van der Waals surface area (Å²) >= 11 is 0. The van der Waals surface area contributed by atoms with Crippen molar-refractivity contribution in [3.05, 3.63) is 42.1 Å². The van der Waals surface area contributed by atoms with Crippen LogP contribution >= 0.6 is 0 Å². The predicted molar refractivity (Wildman–Crippen MR) is 150 cm³/mol. The summed E-state index contributed by atoms with van der Waals surface area (Å²) in [5.74, 6) is 0. The second-order valence-electron chi connectivity index (χ2n) is 11.3. The Morgan fingerprint density at radius 1 is 1.15 bits per heavy atom. The van der Waals surface area contributed by atoms with Crippen molar-refractivity contribution in [1.29, 1.82) is 0 Å². The summed E-state index contributed by atoms with van der Waals surface area (Å²) in [7, 11) is 0. The van der Waals surface area contributed by atoms with E-state index in [1.54, 1.807) is 9.58 Å². The number of nitrogens with zero attached hydrogens (tertiary/aromatic N) is 3. The average molecular weight is 544 g/mol. The van der Waals surface area contributed by atoms with E-state index < -0.39 is 24.3 Å². The van der Waals surface area contributed by atoms with Crippen LogP contribution in [0.4, 0.5) is 9.59 Å². The minimum atomic E-state index is -0.953. The van der Waals surface area contributed by atoms with Crippen molar-refractivity contribution in [2.24, 2.45) is 5.41 Å². The molecule has 0 radical (unpaired) electrons. The van der Waals surface area contributed by atoms with E-state index in [-0.39, 0.29) is 18.0 Å². The maximum atomic E-state index is 13.0. The lowest BCUT2D eigenvalue weighted by atomic mass is 9.89. The Morgan fingerprint density at radius 3 is 2.49 bits per heavy atom. The van der Waals surface area contributed by atoms with Crippen LogP contribution in [0.5, 0.6) is 0 Å². The van der Waals surface area contributed by atoms with Crippen LogP contribution in [0.1, 0.15) is 52.5 Å². The van der Waals surface area contributed by atoms with Crippen molar-refractivity contribution >= 4 is 12.1 Å². The highest BCUT2D eigenvalue weighted by Gasteiger charge is 2.31. The van der Waals surface area contributed by atoms with Gasteiger partial charge in [0, 0.05) is 36.8 Å². The van der Waals surface area contributed by atoms with Gasteiger partial charge in [0.1, 0.15) is 6.10 Å². The van der Waals surface area contributed by atoms with Crippen LogP contribution in [0.15, 0.2) is 36.5 Å². The number of hydrogen-bond donors (Lipinski definition) is 3. The van der Waals surface area contributed by atoms with Crippen LogP contribution in [0.2, 0.25) is 0 Å². The molecule has 1 aliphatic rings. The summed E-state index contributed by atoms with van der Waals surface area (Å²) in [6.07, 6.45) is 2.17. The van der Waals surface area contributed by atoms with Gasteiger partial charge in [-0.2, -0.15) is 5.10 Å². The van der Waals surface area contributed by atoms with E-state index in [4.69, 9.17) is 14.6 Å². The number of amides is 3. The van der Waals surface area contributed by atoms with E-state index in [1.807, 2.05) is 59.0 Å². The standard InChI is InChI=1S/C29H45N5O5/c1-6-7-8-24(25(35)19-30-27(36)33-15-17-38-18-16-33)31-28(37)39-26(29(3,4)5)20-34-14-13-23(32-34)22-11-9-21(2)10-12-22/h9-14,24-26,35H,6-8,15-20H2,1-5H3,(H,30,36)(H,31,37)/t24-,25+,26+/m0/s1. The molecule has 1 aliphatic heterocycles. The molecule has 216 valence electrons. The summed E-state index contributed by atoms with van der Waals surface area (Å²) in [6.45, 7) is 12.6. The van der Waals surface area contributed by atoms with Gasteiger partial charge in [-0.25, -0.2) is 9.59 Å². The maximum Gasteiger partial charge on any atom is 0.407 e. The first-order valence-electron chi connectivity index (χ1n) is 13.9. The van der Waals surface area contributed by atoms with Gasteiger partial charge in [-0.15, -0.1) is 0 Å². The third-order valence-corrected chi connectivity index (χ3v) is 6.95. The molecule has 0 bridgehead atoms. The van der Waals surface area contributed by atoms with Crippen molar-refractivity contribution in [2.75, 3.05) is 32.8 Å². The van der Waals surface area contributed by atoms with E-state index in [1.165, 1.54) is 5.56 Å². The van der Waals surface area contributed by atoms with Crippen molar-refractivity contribution < 1.29 is 24.2 Å². The molecule has 10 nitrogen and oxygen atoms in total. The van der Waals surface area contributed by atoms with Gasteiger partial charge in [0.25, 0.3) is 0 Å². The summed E-state index contributed by atoms with van der Waals surface area (Å²) in [6, 6.07) is 9.34. The van der Waals surface area contributed by atoms with Crippen LogP contribution in [-0.4, -0.2) is 83.0 Å². The summed E-state index contributed by atoms with van der Waals surface area (Å²) in [5, 5.41) is 21.2. The van der Waals surface area contributed by atoms with Gasteiger partial charge in [-0.3, -0.25) is 4.68 Å². The first kappa shape index (κ1) is 30.4. The molecule has 3 amide bonds. The van der Waals surface area contributed by atoms with Gasteiger partial charge in [0.05, 0.1) is 37.6 Å². The van der Waals surface area contributed by atoms with Crippen LogP contribution < -0.4 is 10.6 Å². The molecule has 3 atom stereocenters. The lowest BCUT2D eigenvalue weighted by Crippen LogP contribution is -2.52. The molecule has 3 N–H and O–H groups in total. The average Bonchev–Trinajstić information content (AvgIpc) is 3.38. The number of unbranched alkanes of at least 4 members (excludes halogenated alkanes) is 1. The lowest BCUT2D eigenvalue weighted by Gasteiger charge is -2.32. The fraction of sp³-hybridized carbons (Fsp3) is 0.621. The van der Waals surface area contributed by atoms with Gasteiger partial charge in [-0.1, -0.05) is 70.4 Å². The normalized spacial score (nSPS) is 16.3. The zero-order valence-electron chi connectivity index (χ0n) is 24.0. The van der Waals surface area contributed by atoms with Crippen molar-refractivity contribution in [1.82, 2.24) is 25.3 Å². The van der Waals surface area contributed by atoms with Gasteiger partial charge < -0.3 is 30.1 Å². The van der Waals surface area contributed by atoms with E-state index in [0.717, 1.165) is 24.1 Å². The highest BCUT2D eigenvalue weighted by molar-refractivity contribution is 5.74. The molecule has 39 heavy (non-hydrogen) atoms. The number of rotatable bonds is 11. The molecule has 1 fully saturated rings. The second kappa shape index (κ2) is 14.3. The molecule has 0 aliphatic carbocycles. The molecule has 1 aromatic carbocycles. The number of ether oxygens (including phenoxy) is 2. The molecule has 2 aromatic rings. The fourth-order valence-electron chi connectivity index (χ4n) is 4.31. The lowest BCUT2D eigenvalue weighted by molar-refractivity contribution is 0.0123. The fourth-order valence-corrected chi connectivity index (χ4v) is 4.31. The number of aliphatic hydroxyl groups excluding tert-OH is 1. The highest BCUT2D eigenvalue weighted by Crippen LogP contribution is 2.25. The van der Waals surface area contributed by atoms with E-state index in [9.17, 15) is 14.7 Å². The number of benzene rings is 1. The number of hydrogen-bond acceptors (Lipinski definition) is 6. The zero-order valence-corrected chi connectivity index (χ0v) is 24.0. The summed E-state index contributed by atoms with van der Waals surface area (Å²) < 4.78 is 13.0. The quantitative estimate of drug-likeness (QED) is 0.395. The summed E-state index contributed by atoms with van der Waals surface area (Å²) in [5.41, 5.74) is 2.72. The first-order valence-corrected chi connectivity index (χ1v) is 13.9. The van der Waals surface area contributed by atoms with Gasteiger partial charge >= 0.3 is 12.1 Å². The molecule has 0 saturated carbocycles. The smallest absolute Gasteiger partial charge is 0.407 e. The minimum absolute atomic E-state index is 0.0304. The SMILES string of the molecule is CCCC[C@H](NC(=O)O[C@H](Cn1ccc(-c2ccc(C)cc2)n1)C(C)(C)C)[C@H](O)CNC(=O)N1CCOCC1. The predicted octanol–water partition coefficient (Wildman–Crippen LogP) is 3.96. The molecule has 2 heterocycles. The number of aryl methyl sites for hydroxylation is 1. The largest absolute Gasteiger partial charge is 0.444 e. The van der Waals surface area contributed by atoms with Gasteiger partial charge in [0.15, 0.2) is 0 Å². The minimum Gasteiger partial charge on any atom is -0.444 e. The number of nitrogens with one attached hydrogen (secondary N) is 2. The monoisotopic (exact) mass is 543 g/mol. The first-order chi connectivity index (χ1) is 18.6. The summed E-state index contributed by atoms with van der Waals surface area (Å²) in [4.78, 5) is 27.1. The molecule has 1 saturated heterocycles. The topological polar surface area (TPSA) is 118 Å². The van der Waals surface area contributed by atoms with Crippen LogP contribution in [-0.2, 0) is 16.0 Å². The van der Waals surface area contributed by atoms with E-state index >= 15 is 0 Å². The number of urea groups is 1. The van der Waals surface area contributed by atoms with Crippen LogP contribution in [0.3, 0.4) is 0 Å². The molecule has 3 rings (SSSR count). The Balaban J connectivity index is 1.59.